The van der Waals surface area contributed by atoms with Crippen molar-refractivity contribution in [1.82, 2.24) is 10.2 Å². The number of carbonyl (C=O) groups is 1. The molecule has 0 aliphatic carbocycles. The average Bonchev–Trinajstić information content (AvgIpc) is 2.58. The monoisotopic (exact) mass is 318 g/mol. The molecule has 0 saturated carbocycles. The van der Waals surface area contributed by atoms with Gasteiger partial charge in [-0.3, -0.25) is 9.69 Å². The molecule has 1 aliphatic rings. The quantitative estimate of drug-likeness (QED) is 0.749. The maximum Gasteiger partial charge on any atom is 0.237 e. The Morgan fingerprint density at radius 3 is 2.96 bits per heavy atom. The summed E-state index contributed by atoms with van der Waals surface area (Å²) in [5, 5.41) is 3.09. The van der Waals surface area contributed by atoms with Crippen LogP contribution < -0.4 is 10.1 Å². The normalized spacial score (nSPS) is 18.6. The number of hydrogen-bond donors (Lipinski definition) is 1. The van der Waals surface area contributed by atoms with Crippen LogP contribution in [0.1, 0.15) is 44.6 Å². The fourth-order valence-electron chi connectivity index (χ4n) is 3.08. The molecule has 0 spiro atoms. The predicted octanol–water partition coefficient (Wildman–Crippen LogP) is 3.01. The molecule has 23 heavy (non-hydrogen) atoms. The predicted molar refractivity (Wildman–Crippen MR) is 93.8 cm³/mol. The van der Waals surface area contributed by atoms with Gasteiger partial charge in [-0.15, -0.1) is 0 Å². The number of carbonyl (C=O) groups excluding carboxylic acids is 1. The summed E-state index contributed by atoms with van der Waals surface area (Å²) in [4.78, 5) is 14.4. The van der Waals surface area contributed by atoms with Gasteiger partial charge in [-0.2, -0.15) is 0 Å². The Labute approximate surface area is 140 Å². The minimum Gasteiger partial charge on any atom is -0.493 e. The first kappa shape index (κ1) is 17.8. The third kappa shape index (κ3) is 5.54. The van der Waals surface area contributed by atoms with Crippen molar-refractivity contribution in [2.45, 2.75) is 51.5 Å². The van der Waals surface area contributed by atoms with Crippen molar-refractivity contribution in [3.8, 4) is 5.75 Å². The highest BCUT2D eigenvalue weighted by Gasteiger charge is 2.25. The smallest absolute Gasteiger partial charge is 0.237 e. The summed E-state index contributed by atoms with van der Waals surface area (Å²) in [5.74, 6) is 1.16. The van der Waals surface area contributed by atoms with Gasteiger partial charge >= 0.3 is 0 Å². The van der Waals surface area contributed by atoms with Crippen LogP contribution in [0.5, 0.6) is 5.75 Å². The van der Waals surface area contributed by atoms with Crippen molar-refractivity contribution in [1.29, 1.82) is 0 Å². The van der Waals surface area contributed by atoms with Gasteiger partial charge < -0.3 is 10.1 Å². The fraction of sp³-hybridized carbons (Fsp3) is 0.632. The lowest BCUT2D eigenvalue weighted by Gasteiger charge is -2.31. The van der Waals surface area contributed by atoms with E-state index in [0.717, 1.165) is 57.6 Å². The van der Waals surface area contributed by atoms with Crippen LogP contribution in [0.15, 0.2) is 24.3 Å². The molecule has 1 amide bonds. The second-order valence-electron chi connectivity index (χ2n) is 6.34. The number of ether oxygens (including phenoxy) is 1. The zero-order valence-electron chi connectivity index (χ0n) is 14.5. The topological polar surface area (TPSA) is 41.6 Å². The van der Waals surface area contributed by atoms with Gasteiger partial charge in [0, 0.05) is 6.54 Å². The van der Waals surface area contributed by atoms with E-state index in [1.165, 1.54) is 12.0 Å². The first-order valence-corrected chi connectivity index (χ1v) is 8.91. The molecule has 0 bridgehead atoms. The number of hydrogen-bond acceptors (Lipinski definition) is 3. The standard InChI is InChI=1S/C19H30N2O2/c1-3-15-23-18-12-5-4-9-16(18)10-8-13-20-19(22)17-11-6-7-14-21(17)2/h4-5,9,12,17H,3,6-8,10-11,13-15H2,1-2H3,(H,20,22)/t17-/m0/s1. The minimum absolute atomic E-state index is 0.0592. The van der Waals surface area contributed by atoms with Gasteiger partial charge in [-0.05, 0) is 57.3 Å². The number of aryl methyl sites for hydroxylation is 1. The number of likely N-dealkylation sites (N-methyl/N-ethyl adjacent to an activating group) is 1. The highest BCUT2D eigenvalue weighted by molar-refractivity contribution is 5.81. The molecular formula is C19H30N2O2. The van der Waals surface area contributed by atoms with Crippen LogP contribution in [0.2, 0.25) is 0 Å². The summed E-state index contributed by atoms with van der Waals surface area (Å²) in [6.45, 7) is 4.62. The fourth-order valence-corrected chi connectivity index (χ4v) is 3.08. The highest BCUT2D eigenvalue weighted by Crippen LogP contribution is 2.19. The molecule has 2 rings (SSSR count). The molecule has 1 aromatic carbocycles. The zero-order chi connectivity index (χ0) is 16.5. The molecule has 4 nitrogen and oxygen atoms in total. The van der Waals surface area contributed by atoms with Crippen molar-refractivity contribution in [2.75, 3.05) is 26.7 Å². The Morgan fingerprint density at radius 1 is 1.35 bits per heavy atom. The minimum atomic E-state index is 0.0592. The first-order valence-electron chi connectivity index (χ1n) is 8.91. The summed E-state index contributed by atoms with van der Waals surface area (Å²) < 4.78 is 5.78. The van der Waals surface area contributed by atoms with E-state index in [1.54, 1.807) is 0 Å². The van der Waals surface area contributed by atoms with Crippen LogP contribution in [0.25, 0.3) is 0 Å². The Hall–Kier alpha value is -1.55. The largest absolute Gasteiger partial charge is 0.493 e. The second-order valence-corrected chi connectivity index (χ2v) is 6.34. The van der Waals surface area contributed by atoms with E-state index < -0.39 is 0 Å². The maximum atomic E-state index is 12.3. The molecule has 4 heteroatoms. The van der Waals surface area contributed by atoms with Crippen LogP contribution in [0.4, 0.5) is 0 Å². The van der Waals surface area contributed by atoms with Gasteiger partial charge in [0.05, 0.1) is 12.6 Å². The molecule has 1 saturated heterocycles. The zero-order valence-corrected chi connectivity index (χ0v) is 14.5. The Kier molecular flexibility index (Phi) is 7.40. The molecule has 0 unspecified atom stereocenters. The molecule has 0 radical (unpaired) electrons. The van der Waals surface area contributed by atoms with E-state index in [0.29, 0.717) is 0 Å². The number of nitrogens with zero attached hydrogens (tertiary/aromatic N) is 1. The van der Waals surface area contributed by atoms with Crippen LogP contribution in [0.3, 0.4) is 0 Å². The summed E-state index contributed by atoms with van der Waals surface area (Å²) >= 11 is 0. The third-order valence-electron chi connectivity index (χ3n) is 4.43. The number of para-hydroxylation sites is 1. The molecule has 128 valence electrons. The summed E-state index contributed by atoms with van der Waals surface area (Å²) in [7, 11) is 2.05. The number of rotatable bonds is 8. The molecule has 0 aromatic heterocycles. The molecule has 1 heterocycles. The van der Waals surface area contributed by atoms with E-state index >= 15 is 0 Å². The number of piperidine rings is 1. The van der Waals surface area contributed by atoms with Crippen molar-refractivity contribution < 1.29 is 9.53 Å². The van der Waals surface area contributed by atoms with E-state index in [9.17, 15) is 4.79 Å². The van der Waals surface area contributed by atoms with Crippen LogP contribution in [0, 0.1) is 0 Å². The molecule has 1 N–H and O–H groups in total. The summed E-state index contributed by atoms with van der Waals surface area (Å²) in [6.07, 6.45) is 6.23. The number of nitrogens with one attached hydrogen (secondary N) is 1. The van der Waals surface area contributed by atoms with Crippen molar-refractivity contribution in [2.24, 2.45) is 0 Å². The molecule has 1 atom stereocenters. The van der Waals surface area contributed by atoms with E-state index in [4.69, 9.17) is 4.74 Å². The van der Waals surface area contributed by atoms with Gasteiger partial charge in [-0.1, -0.05) is 31.5 Å². The van der Waals surface area contributed by atoms with Crippen LogP contribution in [-0.4, -0.2) is 43.6 Å². The van der Waals surface area contributed by atoms with Crippen LogP contribution in [-0.2, 0) is 11.2 Å². The highest BCUT2D eigenvalue weighted by atomic mass is 16.5. The first-order chi connectivity index (χ1) is 11.2. The third-order valence-corrected chi connectivity index (χ3v) is 4.43. The summed E-state index contributed by atoms with van der Waals surface area (Å²) in [6, 6.07) is 8.25. The SMILES string of the molecule is CCCOc1ccccc1CCCNC(=O)[C@@H]1CCCCN1C. The van der Waals surface area contributed by atoms with E-state index in [1.807, 2.05) is 25.2 Å². The maximum absolute atomic E-state index is 12.3. The average molecular weight is 318 g/mol. The molecular weight excluding hydrogens is 288 g/mol. The molecule has 1 aliphatic heterocycles. The molecule has 1 aromatic rings. The second kappa shape index (κ2) is 9.56. The van der Waals surface area contributed by atoms with Crippen LogP contribution >= 0.6 is 0 Å². The van der Waals surface area contributed by atoms with Gasteiger partial charge in [0.25, 0.3) is 0 Å². The Balaban J connectivity index is 1.73. The molecule has 1 fully saturated rings. The van der Waals surface area contributed by atoms with Crippen molar-refractivity contribution >= 4 is 5.91 Å². The van der Waals surface area contributed by atoms with E-state index in [-0.39, 0.29) is 11.9 Å². The van der Waals surface area contributed by atoms with Crippen molar-refractivity contribution in [3.05, 3.63) is 29.8 Å². The van der Waals surface area contributed by atoms with E-state index in [2.05, 4.69) is 23.2 Å². The van der Waals surface area contributed by atoms with Gasteiger partial charge in [-0.25, -0.2) is 0 Å². The Morgan fingerprint density at radius 2 is 2.17 bits per heavy atom. The summed E-state index contributed by atoms with van der Waals surface area (Å²) in [5.41, 5.74) is 1.23. The number of amides is 1. The Bertz CT molecular complexity index is 490. The van der Waals surface area contributed by atoms with Crippen molar-refractivity contribution in [3.63, 3.8) is 0 Å². The van der Waals surface area contributed by atoms with Gasteiger partial charge in [0.1, 0.15) is 5.75 Å². The lowest BCUT2D eigenvalue weighted by Crippen LogP contribution is -2.47. The van der Waals surface area contributed by atoms with Gasteiger partial charge in [0.15, 0.2) is 0 Å². The lowest BCUT2D eigenvalue weighted by atomic mass is 10.0. The number of likely N-dealkylation sites (tertiary alicyclic amines) is 1. The number of benzene rings is 1. The lowest BCUT2D eigenvalue weighted by molar-refractivity contribution is -0.127. The van der Waals surface area contributed by atoms with Gasteiger partial charge in [0.2, 0.25) is 5.91 Å².